The molecule has 2 aliphatic heterocycles. The molecule has 0 aromatic carbocycles. The lowest BCUT2D eigenvalue weighted by molar-refractivity contribution is -0.119. The summed E-state index contributed by atoms with van der Waals surface area (Å²) in [6, 6.07) is 0. The van der Waals surface area contributed by atoms with E-state index in [0.717, 1.165) is 32.6 Å². The number of nitrogens with zero attached hydrogens (tertiary/aromatic N) is 1. The van der Waals surface area contributed by atoms with Gasteiger partial charge in [0, 0.05) is 32.6 Å². The van der Waals surface area contributed by atoms with E-state index in [1.807, 2.05) is 6.92 Å². The molecule has 2 fully saturated rings. The molecule has 14 heavy (non-hydrogen) atoms. The van der Waals surface area contributed by atoms with Crippen molar-refractivity contribution >= 4 is 5.91 Å². The Balaban J connectivity index is 1.79. The Morgan fingerprint density at radius 2 is 2.50 bits per heavy atom. The first-order chi connectivity index (χ1) is 6.55. The molecule has 4 heteroatoms. The fourth-order valence-electron chi connectivity index (χ4n) is 2.35. The van der Waals surface area contributed by atoms with Crippen LogP contribution in [-0.2, 0) is 4.79 Å². The first-order valence-electron chi connectivity index (χ1n) is 5.27. The van der Waals surface area contributed by atoms with E-state index in [1.165, 1.54) is 0 Å². The van der Waals surface area contributed by atoms with Crippen LogP contribution < -0.4 is 5.32 Å². The predicted molar refractivity (Wildman–Crippen MR) is 52.8 cm³/mol. The van der Waals surface area contributed by atoms with Crippen molar-refractivity contribution in [3.8, 4) is 0 Å². The molecule has 2 heterocycles. The van der Waals surface area contributed by atoms with Crippen LogP contribution in [0.5, 0.6) is 0 Å². The lowest BCUT2D eigenvalue weighted by Gasteiger charge is -2.21. The van der Waals surface area contributed by atoms with Gasteiger partial charge in [0.15, 0.2) is 0 Å². The highest BCUT2D eigenvalue weighted by Gasteiger charge is 2.33. The molecule has 0 radical (unpaired) electrons. The number of β-amino-alcohol motifs (C(OH)–C–C–N with tert-alkyl or cyclic N) is 1. The number of amides is 1. The molecule has 0 aromatic rings. The van der Waals surface area contributed by atoms with Crippen LogP contribution in [-0.4, -0.2) is 47.7 Å². The van der Waals surface area contributed by atoms with Crippen molar-refractivity contribution in [2.75, 3.05) is 26.2 Å². The van der Waals surface area contributed by atoms with Crippen LogP contribution >= 0.6 is 0 Å². The number of rotatable bonds is 2. The largest absolute Gasteiger partial charge is 0.389 e. The van der Waals surface area contributed by atoms with Gasteiger partial charge in [0.1, 0.15) is 0 Å². The van der Waals surface area contributed by atoms with Crippen molar-refractivity contribution < 1.29 is 9.90 Å². The summed E-state index contributed by atoms with van der Waals surface area (Å²) in [6.45, 7) is 5.33. The average Bonchev–Trinajstić information content (AvgIpc) is 2.59. The van der Waals surface area contributed by atoms with Gasteiger partial charge < -0.3 is 15.3 Å². The molecule has 0 bridgehead atoms. The van der Waals surface area contributed by atoms with Gasteiger partial charge in [-0.1, -0.05) is 0 Å². The maximum atomic E-state index is 11.0. The maximum absolute atomic E-state index is 11.0. The van der Waals surface area contributed by atoms with Gasteiger partial charge in [-0.25, -0.2) is 0 Å². The van der Waals surface area contributed by atoms with E-state index in [2.05, 4.69) is 10.2 Å². The standard InChI is InChI=1S/C10H18N2O2/c1-10(14)2-3-12(7-10)6-8-4-9(13)11-5-8/h8,14H,2-7H2,1H3,(H,11,13). The Labute approximate surface area is 84.3 Å². The van der Waals surface area contributed by atoms with Gasteiger partial charge in [0.05, 0.1) is 5.60 Å². The Morgan fingerprint density at radius 1 is 1.71 bits per heavy atom. The minimum atomic E-state index is -0.518. The first kappa shape index (κ1) is 9.93. The average molecular weight is 198 g/mol. The van der Waals surface area contributed by atoms with Gasteiger partial charge in [-0.05, 0) is 19.3 Å². The second kappa shape index (κ2) is 3.51. The third-order valence-electron chi connectivity index (χ3n) is 3.11. The number of carbonyl (C=O) groups is 1. The zero-order valence-corrected chi connectivity index (χ0v) is 8.62. The van der Waals surface area contributed by atoms with Crippen LogP contribution in [0.2, 0.25) is 0 Å². The zero-order chi connectivity index (χ0) is 10.2. The quantitative estimate of drug-likeness (QED) is 0.633. The smallest absolute Gasteiger partial charge is 0.220 e. The predicted octanol–water partition coefficient (Wildman–Crippen LogP) is -0.421. The number of hydrogen-bond donors (Lipinski definition) is 2. The Bertz CT molecular complexity index is 240. The topological polar surface area (TPSA) is 52.6 Å². The van der Waals surface area contributed by atoms with E-state index in [9.17, 15) is 9.90 Å². The van der Waals surface area contributed by atoms with Crippen LogP contribution in [0, 0.1) is 5.92 Å². The van der Waals surface area contributed by atoms with Crippen molar-refractivity contribution in [2.45, 2.75) is 25.4 Å². The molecule has 0 saturated carbocycles. The molecule has 2 aliphatic rings. The molecule has 0 aliphatic carbocycles. The summed E-state index contributed by atoms with van der Waals surface area (Å²) in [5.74, 6) is 0.609. The van der Waals surface area contributed by atoms with Crippen LogP contribution in [0.15, 0.2) is 0 Å². The van der Waals surface area contributed by atoms with Crippen LogP contribution in [0.25, 0.3) is 0 Å². The lowest BCUT2D eigenvalue weighted by atomic mass is 10.1. The van der Waals surface area contributed by atoms with Crippen LogP contribution in [0.1, 0.15) is 19.8 Å². The number of hydrogen-bond acceptors (Lipinski definition) is 3. The summed E-state index contributed by atoms with van der Waals surface area (Å²) < 4.78 is 0. The highest BCUT2D eigenvalue weighted by atomic mass is 16.3. The molecular formula is C10H18N2O2. The summed E-state index contributed by atoms with van der Waals surface area (Å²) in [7, 11) is 0. The number of likely N-dealkylation sites (tertiary alicyclic amines) is 1. The Morgan fingerprint density at radius 3 is 3.00 bits per heavy atom. The normalized spacial score (nSPS) is 39.0. The monoisotopic (exact) mass is 198 g/mol. The summed E-state index contributed by atoms with van der Waals surface area (Å²) in [6.07, 6.45) is 1.50. The molecule has 1 amide bonds. The third-order valence-corrected chi connectivity index (χ3v) is 3.11. The van der Waals surface area contributed by atoms with Crippen molar-refractivity contribution in [1.82, 2.24) is 10.2 Å². The van der Waals surface area contributed by atoms with Crippen molar-refractivity contribution in [2.24, 2.45) is 5.92 Å². The van der Waals surface area contributed by atoms with Gasteiger partial charge in [0.2, 0.25) is 5.91 Å². The molecule has 4 nitrogen and oxygen atoms in total. The Kier molecular flexibility index (Phi) is 2.49. The lowest BCUT2D eigenvalue weighted by Crippen LogP contribution is -2.33. The number of carbonyl (C=O) groups excluding carboxylic acids is 1. The molecule has 2 atom stereocenters. The minimum absolute atomic E-state index is 0.168. The van der Waals surface area contributed by atoms with E-state index in [4.69, 9.17) is 0 Å². The molecular weight excluding hydrogens is 180 g/mol. The summed E-state index contributed by atoms with van der Waals surface area (Å²) >= 11 is 0. The third kappa shape index (κ3) is 2.25. The number of nitrogens with one attached hydrogen (secondary N) is 1. The van der Waals surface area contributed by atoms with Crippen molar-refractivity contribution in [1.29, 1.82) is 0 Å². The highest BCUT2D eigenvalue weighted by molar-refractivity contribution is 5.78. The fraction of sp³-hybridized carbons (Fsp3) is 0.900. The molecule has 2 saturated heterocycles. The molecule has 2 rings (SSSR count). The van der Waals surface area contributed by atoms with Crippen molar-refractivity contribution in [3.63, 3.8) is 0 Å². The van der Waals surface area contributed by atoms with Gasteiger partial charge in [0.25, 0.3) is 0 Å². The molecule has 2 unspecified atom stereocenters. The second-order valence-corrected chi connectivity index (χ2v) is 4.86. The van der Waals surface area contributed by atoms with Gasteiger partial charge in [-0.2, -0.15) is 0 Å². The van der Waals surface area contributed by atoms with E-state index in [-0.39, 0.29) is 5.91 Å². The van der Waals surface area contributed by atoms with E-state index < -0.39 is 5.60 Å². The Hall–Kier alpha value is -0.610. The minimum Gasteiger partial charge on any atom is -0.389 e. The highest BCUT2D eigenvalue weighted by Crippen LogP contribution is 2.22. The summed E-state index contributed by atoms with van der Waals surface area (Å²) in [5, 5.41) is 12.6. The molecule has 2 N–H and O–H groups in total. The van der Waals surface area contributed by atoms with Gasteiger partial charge in [-0.3, -0.25) is 4.79 Å². The van der Waals surface area contributed by atoms with Crippen LogP contribution in [0.3, 0.4) is 0 Å². The molecule has 80 valence electrons. The van der Waals surface area contributed by atoms with Gasteiger partial charge >= 0.3 is 0 Å². The van der Waals surface area contributed by atoms with Gasteiger partial charge in [-0.15, -0.1) is 0 Å². The maximum Gasteiger partial charge on any atom is 0.220 e. The van der Waals surface area contributed by atoms with Crippen molar-refractivity contribution in [3.05, 3.63) is 0 Å². The molecule has 0 spiro atoms. The summed E-state index contributed by atoms with van der Waals surface area (Å²) in [5.41, 5.74) is -0.518. The second-order valence-electron chi connectivity index (χ2n) is 4.86. The summed E-state index contributed by atoms with van der Waals surface area (Å²) in [4.78, 5) is 13.2. The molecule has 0 aromatic heterocycles. The van der Waals surface area contributed by atoms with E-state index in [0.29, 0.717) is 12.3 Å². The zero-order valence-electron chi connectivity index (χ0n) is 8.62. The van der Waals surface area contributed by atoms with E-state index in [1.54, 1.807) is 0 Å². The number of aliphatic hydroxyl groups is 1. The van der Waals surface area contributed by atoms with Crippen LogP contribution in [0.4, 0.5) is 0 Å². The van der Waals surface area contributed by atoms with E-state index >= 15 is 0 Å². The first-order valence-corrected chi connectivity index (χ1v) is 5.27. The SMILES string of the molecule is CC1(O)CCN(CC2CNC(=O)C2)C1. The fourth-order valence-corrected chi connectivity index (χ4v) is 2.35.